The summed E-state index contributed by atoms with van der Waals surface area (Å²) in [7, 11) is 0. The van der Waals surface area contributed by atoms with Crippen molar-refractivity contribution in [1.82, 2.24) is 4.57 Å². The Bertz CT molecular complexity index is 3090. The molecule has 3 heterocycles. The number of halogens is 1. The maximum atomic E-state index is 2.51. The molecular formula is C50H33INS-. The van der Waals surface area contributed by atoms with Gasteiger partial charge in [0.15, 0.2) is 0 Å². The summed E-state index contributed by atoms with van der Waals surface area (Å²) in [5.41, 5.74) is 15.7. The minimum Gasteiger partial charge on any atom is -0.135 e. The van der Waals surface area contributed by atoms with E-state index in [0.29, 0.717) is 0 Å². The normalized spacial score (nSPS) is 12.4. The molecule has 11 rings (SSSR count). The molecule has 0 aliphatic carbocycles. The Kier molecular flexibility index (Phi) is 7.21. The summed E-state index contributed by atoms with van der Waals surface area (Å²) in [6.07, 6.45) is 0.888. The summed E-state index contributed by atoms with van der Waals surface area (Å²) in [4.78, 5) is 0. The molecule has 0 amide bonds. The van der Waals surface area contributed by atoms with E-state index in [4.69, 9.17) is 0 Å². The third kappa shape index (κ3) is 4.94. The second-order valence-electron chi connectivity index (χ2n) is 14.0. The van der Waals surface area contributed by atoms with Crippen LogP contribution in [0.25, 0.3) is 81.0 Å². The smallest absolute Gasteiger partial charge is 0.135 e. The third-order valence-electron chi connectivity index (χ3n) is 11.0. The standard InChI is InChI=1S/C50H33INS/c1-31-24-25-32(29-40(31)36-14-3-2-12-34(36)28-35-13-10-23-48-49(35)39-17-6-9-22-47(39)53-48)33-26-27-45-41(30-33)37-15-5-8-20-44(37)52(45)46-21-11-19-43-50(46)38-16-4-7-18-42(38)51-43/h2-27,29-30H,28H2,1H3/q-1. The van der Waals surface area contributed by atoms with E-state index in [-0.39, 0.29) is 21.2 Å². The van der Waals surface area contributed by atoms with Gasteiger partial charge < -0.3 is 0 Å². The molecular weight excluding hydrogens is 774 g/mol. The van der Waals surface area contributed by atoms with Crippen LogP contribution in [-0.2, 0) is 6.42 Å². The number of thiophene rings is 1. The summed E-state index contributed by atoms with van der Waals surface area (Å²) in [5, 5.41) is 5.33. The van der Waals surface area contributed by atoms with Crippen molar-refractivity contribution in [2.75, 3.05) is 0 Å². The zero-order valence-electron chi connectivity index (χ0n) is 29.1. The van der Waals surface area contributed by atoms with Gasteiger partial charge in [0.05, 0.1) is 0 Å². The average Bonchev–Trinajstić information content (AvgIpc) is 3.88. The van der Waals surface area contributed by atoms with E-state index < -0.39 is 0 Å². The molecule has 1 aliphatic heterocycles. The molecule has 0 bridgehead atoms. The Morgan fingerprint density at radius 2 is 1.17 bits per heavy atom. The number of hydrogen-bond donors (Lipinski definition) is 0. The summed E-state index contributed by atoms with van der Waals surface area (Å²) in [5.74, 6) is 0. The van der Waals surface area contributed by atoms with Crippen molar-refractivity contribution >= 4 is 53.3 Å². The van der Waals surface area contributed by atoms with Crippen LogP contribution in [0.2, 0.25) is 0 Å². The van der Waals surface area contributed by atoms with Gasteiger partial charge in [-0.15, -0.1) is 11.3 Å². The van der Waals surface area contributed by atoms with Gasteiger partial charge >= 0.3 is 202 Å². The van der Waals surface area contributed by atoms with Crippen LogP contribution < -0.4 is 21.2 Å². The summed E-state index contributed by atoms with van der Waals surface area (Å²) in [6, 6.07) is 63.6. The van der Waals surface area contributed by atoms with E-state index >= 15 is 0 Å². The Morgan fingerprint density at radius 3 is 2.11 bits per heavy atom. The number of nitrogens with zero attached hydrogens (tertiary/aromatic N) is 1. The fourth-order valence-corrected chi connectivity index (χ4v) is 12.7. The SMILES string of the molecule is Cc1ccc(-c2ccc3c(c2)c2ccccc2n3-c2cccc3c2-c2ccccc2[I-]3)cc1-c1ccccc1Cc1cccc2sc3ccccc3c12. The molecule has 0 fully saturated rings. The van der Waals surface area contributed by atoms with Crippen LogP contribution in [0.15, 0.2) is 170 Å². The minimum atomic E-state index is -0.185. The van der Waals surface area contributed by atoms with Gasteiger partial charge in [-0.25, -0.2) is 0 Å². The number of benzene rings is 8. The average molecular weight is 807 g/mol. The first-order valence-electron chi connectivity index (χ1n) is 18.2. The van der Waals surface area contributed by atoms with Crippen molar-refractivity contribution in [2.24, 2.45) is 0 Å². The fourth-order valence-electron chi connectivity index (χ4n) is 8.54. The van der Waals surface area contributed by atoms with Crippen molar-refractivity contribution in [1.29, 1.82) is 0 Å². The Labute approximate surface area is 323 Å². The first-order valence-corrected chi connectivity index (χ1v) is 21.2. The van der Waals surface area contributed by atoms with Crippen molar-refractivity contribution < 1.29 is 21.2 Å². The Morgan fingerprint density at radius 1 is 0.491 bits per heavy atom. The first kappa shape index (κ1) is 31.1. The molecule has 0 spiro atoms. The van der Waals surface area contributed by atoms with Crippen LogP contribution in [-0.4, -0.2) is 4.57 Å². The number of aromatic nitrogens is 1. The van der Waals surface area contributed by atoms with E-state index in [1.807, 2.05) is 11.3 Å². The second kappa shape index (κ2) is 12.3. The zero-order chi connectivity index (χ0) is 35.0. The number of hydrogen-bond acceptors (Lipinski definition) is 1. The van der Waals surface area contributed by atoms with Crippen LogP contribution in [0, 0.1) is 14.1 Å². The molecule has 0 unspecified atom stereocenters. The molecule has 1 aliphatic rings. The van der Waals surface area contributed by atoms with Gasteiger partial charge in [0.25, 0.3) is 0 Å². The molecule has 0 N–H and O–H groups in total. The van der Waals surface area contributed by atoms with Crippen molar-refractivity contribution in [3.8, 4) is 39.1 Å². The van der Waals surface area contributed by atoms with Crippen LogP contribution in [0.1, 0.15) is 16.7 Å². The van der Waals surface area contributed by atoms with Crippen molar-refractivity contribution in [2.45, 2.75) is 13.3 Å². The number of fused-ring (bicyclic) bond motifs is 9. The molecule has 2 aromatic heterocycles. The summed E-state index contributed by atoms with van der Waals surface area (Å²) < 4.78 is 8.25. The molecule has 0 atom stereocenters. The predicted octanol–water partition coefficient (Wildman–Crippen LogP) is 10.5. The van der Waals surface area contributed by atoms with Gasteiger partial charge in [-0.2, -0.15) is 0 Å². The number of rotatable bonds is 5. The number of para-hydroxylation sites is 1. The summed E-state index contributed by atoms with van der Waals surface area (Å²) in [6.45, 7) is 2.25. The maximum absolute atomic E-state index is 2.51. The van der Waals surface area contributed by atoms with E-state index in [1.165, 1.54) is 105 Å². The Hall–Kier alpha value is -5.49. The van der Waals surface area contributed by atoms with E-state index in [9.17, 15) is 0 Å². The summed E-state index contributed by atoms with van der Waals surface area (Å²) >= 11 is 1.71. The first-order chi connectivity index (χ1) is 26.2. The third-order valence-corrected chi connectivity index (χ3v) is 15.1. The molecule has 0 saturated carbocycles. The predicted molar refractivity (Wildman–Crippen MR) is 221 cm³/mol. The van der Waals surface area contributed by atoms with Crippen molar-refractivity contribution in [3.05, 3.63) is 194 Å². The Balaban J connectivity index is 1.03. The van der Waals surface area contributed by atoms with Crippen LogP contribution in [0.4, 0.5) is 0 Å². The van der Waals surface area contributed by atoms with Crippen LogP contribution >= 0.6 is 11.3 Å². The van der Waals surface area contributed by atoms with E-state index in [0.717, 1.165) is 6.42 Å². The molecule has 1 nitrogen and oxygen atoms in total. The van der Waals surface area contributed by atoms with E-state index in [2.05, 4.69) is 181 Å². The van der Waals surface area contributed by atoms with Crippen molar-refractivity contribution in [3.63, 3.8) is 0 Å². The van der Waals surface area contributed by atoms with Gasteiger partial charge in [-0.1, -0.05) is 54.6 Å². The van der Waals surface area contributed by atoms with Gasteiger partial charge in [0, 0.05) is 20.2 Å². The molecule has 3 heteroatoms. The quantitative estimate of drug-likeness (QED) is 0.153. The molecule has 10 aromatic rings. The van der Waals surface area contributed by atoms with E-state index in [1.54, 1.807) is 0 Å². The minimum absolute atomic E-state index is 0.185. The molecule has 53 heavy (non-hydrogen) atoms. The fraction of sp³-hybridized carbons (Fsp3) is 0.0400. The zero-order valence-corrected chi connectivity index (χ0v) is 32.1. The van der Waals surface area contributed by atoms with Crippen LogP contribution in [0.3, 0.4) is 0 Å². The topological polar surface area (TPSA) is 4.93 Å². The van der Waals surface area contributed by atoms with Crippen LogP contribution in [0.5, 0.6) is 0 Å². The van der Waals surface area contributed by atoms with Gasteiger partial charge in [0.2, 0.25) is 0 Å². The molecule has 8 aromatic carbocycles. The molecule has 0 radical (unpaired) electrons. The van der Waals surface area contributed by atoms with Gasteiger partial charge in [0.1, 0.15) is 0 Å². The monoisotopic (exact) mass is 806 g/mol. The van der Waals surface area contributed by atoms with Gasteiger partial charge in [-0.3, -0.25) is 0 Å². The molecule has 252 valence electrons. The second-order valence-corrected chi connectivity index (χ2v) is 18.0. The molecule has 0 saturated heterocycles. The number of aryl methyl sites for hydroxylation is 1. The van der Waals surface area contributed by atoms with Gasteiger partial charge in [-0.05, 0) is 36.6 Å².